The van der Waals surface area contributed by atoms with Crippen LogP contribution in [0, 0.1) is 0 Å². The zero-order valence-electron chi connectivity index (χ0n) is 12.0. The molecule has 2 rings (SSSR count). The van der Waals surface area contributed by atoms with Crippen LogP contribution in [0.25, 0.3) is 0 Å². The smallest absolute Gasteiger partial charge is 0.253 e. The van der Waals surface area contributed by atoms with E-state index in [0.717, 1.165) is 36.3 Å². The minimum Gasteiger partial charge on any atom is -0.496 e. The van der Waals surface area contributed by atoms with Crippen molar-refractivity contribution in [2.45, 2.75) is 25.8 Å². The minimum absolute atomic E-state index is 0.0737. The summed E-state index contributed by atoms with van der Waals surface area (Å²) in [5, 5.41) is 3.43. The van der Waals surface area contributed by atoms with E-state index in [1.54, 1.807) is 7.11 Å². The molecule has 5 heteroatoms. The first-order chi connectivity index (χ1) is 9.65. The molecule has 1 aliphatic heterocycles. The Morgan fingerprint density at radius 3 is 2.90 bits per heavy atom. The predicted molar refractivity (Wildman–Crippen MR) is 83.3 cm³/mol. The number of halogens is 1. The number of methoxy groups -OCH3 is 1. The molecule has 4 nitrogen and oxygen atoms in total. The van der Waals surface area contributed by atoms with Gasteiger partial charge in [0, 0.05) is 24.7 Å². The van der Waals surface area contributed by atoms with Crippen LogP contribution in [0.3, 0.4) is 0 Å². The van der Waals surface area contributed by atoms with E-state index in [4.69, 9.17) is 4.74 Å². The SMILES string of the molecule is CCN(CC1CCCN1)C(=O)c1ccc(OC)c(Br)c1. The van der Waals surface area contributed by atoms with Crippen LogP contribution in [0.1, 0.15) is 30.1 Å². The Morgan fingerprint density at radius 2 is 2.35 bits per heavy atom. The van der Waals surface area contributed by atoms with Crippen LogP contribution in [0.15, 0.2) is 22.7 Å². The second-order valence-electron chi connectivity index (χ2n) is 4.99. The zero-order chi connectivity index (χ0) is 14.5. The number of rotatable bonds is 5. The monoisotopic (exact) mass is 340 g/mol. The Kier molecular flexibility index (Phi) is 5.43. The van der Waals surface area contributed by atoms with Crippen molar-refractivity contribution in [3.8, 4) is 5.75 Å². The van der Waals surface area contributed by atoms with E-state index in [0.29, 0.717) is 11.6 Å². The van der Waals surface area contributed by atoms with E-state index >= 15 is 0 Å². The van der Waals surface area contributed by atoms with Gasteiger partial charge in [0.05, 0.1) is 11.6 Å². The Hall–Kier alpha value is -1.07. The van der Waals surface area contributed by atoms with E-state index in [1.165, 1.54) is 6.42 Å². The Morgan fingerprint density at radius 1 is 1.55 bits per heavy atom. The van der Waals surface area contributed by atoms with Gasteiger partial charge in [-0.25, -0.2) is 0 Å². The molecule has 1 fully saturated rings. The molecule has 1 saturated heterocycles. The summed E-state index contributed by atoms with van der Waals surface area (Å²) in [4.78, 5) is 14.5. The van der Waals surface area contributed by atoms with Crippen LogP contribution in [-0.4, -0.2) is 43.6 Å². The fourth-order valence-electron chi connectivity index (χ4n) is 2.52. The molecule has 1 N–H and O–H groups in total. The Balaban J connectivity index is 2.09. The summed E-state index contributed by atoms with van der Waals surface area (Å²) in [6, 6.07) is 5.89. The summed E-state index contributed by atoms with van der Waals surface area (Å²) >= 11 is 3.43. The summed E-state index contributed by atoms with van der Waals surface area (Å²) in [7, 11) is 1.62. The molecule has 0 bridgehead atoms. The fourth-order valence-corrected chi connectivity index (χ4v) is 3.06. The second-order valence-corrected chi connectivity index (χ2v) is 5.84. The number of amides is 1. The summed E-state index contributed by atoms with van der Waals surface area (Å²) in [6.45, 7) is 4.58. The molecule has 0 saturated carbocycles. The lowest BCUT2D eigenvalue weighted by Gasteiger charge is -2.24. The molecule has 0 aromatic heterocycles. The molecule has 1 aromatic rings. The normalized spacial score (nSPS) is 18.1. The molecule has 20 heavy (non-hydrogen) atoms. The first-order valence-corrected chi connectivity index (χ1v) is 7.81. The number of nitrogens with zero attached hydrogens (tertiary/aromatic N) is 1. The standard InChI is InChI=1S/C15H21BrN2O2/c1-3-18(10-12-5-4-8-17-12)15(19)11-6-7-14(20-2)13(16)9-11/h6-7,9,12,17H,3-5,8,10H2,1-2H3. The number of ether oxygens (including phenoxy) is 1. The van der Waals surface area contributed by atoms with Gasteiger partial charge in [-0.1, -0.05) is 0 Å². The molecule has 110 valence electrons. The second kappa shape index (κ2) is 7.09. The third kappa shape index (κ3) is 3.52. The summed E-state index contributed by atoms with van der Waals surface area (Å²) < 4.78 is 6.00. The summed E-state index contributed by atoms with van der Waals surface area (Å²) in [5.74, 6) is 0.812. The maximum atomic E-state index is 12.6. The van der Waals surface area contributed by atoms with Crippen molar-refractivity contribution in [3.63, 3.8) is 0 Å². The molecule has 0 spiro atoms. The van der Waals surface area contributed by atoms with Crippen molar-refractivity contribution < 1.29 is 9.53 Å². The van der Waals surface area contributed by atoms with Gasteiger partial charge < -0.3 is 15.0 Å². The predicted octanol–water partition coefficient (Wildman–Crippen LogP) is 2.67. The van der Waals surface area contributed by atoms with Gasteiger partial charge in [0.2, 0.25) is 0 Å². The van der Waals surface area contributed by atoms with E-state index in [1.807, 2.05) is 30.0 Å². The van der Waals surface area contributed by atoms with Gasteiger partial charge in [-0.05, 0) is 60.4 Å². The Bertz CT molecular complexity index is 473. The van der Waals surface area contributed by atoms with Crippen molar-refractivity contribution in [1.82, 2.24) is 10.2 Å². The van der Waals surface area contributed by atoms with Crippen molar-refractivity contribution in [2.75, 3.05) is 26.7 Å². The van der Waals surface area contributed by atoms with Crippen LogP contribution in [0.5, 0.6) is 5.75 Å². The Labute approximate surface area is 128 Å². The van der Waals surface area contributed by atoms with Crippen LogP contribution >= 0.6 is 15.9 Å². The molecular weight excluding hydrogens is 320 g/mol. The third-order valence-corrected chi connectivity index (χ3v) is 4.29. The van der Waals surface area contributed by atoms with Crippen LogP contribution in [0.4, 0.5) is 0 Å². The highest BCUT2D eigenvalue weighted by molar-refractivity contribution is 9.10. The highest BCUT2D eigenvalue weighted by atomic mass is 79.9. The molecule has 1 heterocycles. The number of likely N-dealkylation sites (N-methyl/N-ethyl adjacent to an activating group) is 1. The lowest BCUT2D eigenvalue weighted by molar-refractivity contribution is 0.0751. The number of carbonyl (C=O) groups is 1. The van der Waals surface area contributed by atoms with Gasteiger partial charge >= 0.3 is 0 Å². The molecule has 1 unspecified atom stereocenters. The maximum Gasteiger partial charge on any atom is 0.253 e. The minimum atomic E-state index is 0.0737. The zero-order valence-corrected chi connectivity index (χ0v) is 13.6. The molecule has 1 aromatic carbocycles. The summed E-state index contributed by atoms with van der Waals surface area (Å²) in [6.07, 6.45) is 2.35. The van der Waals surface area contributed by atoms with Crippen molar-refractivity contribution in [3.05, 3.63) is 28.2 Å². The third-order valence-electron chi connectivity index (χ3n) is 3.67. The van der Waals surface area contributed by atoms with Crippen molar-refractivity contribution in [1.29, 1.82) is 0 Å². The topological polar surface area (TPSA) is 41.6 Å². The molecule has 1 aliphatic rings. The number of hydrogen-bond acceptors (Lipinski definition) is 3. The number of carbonyl (C=O) groups excluding carboxylic acids is 1. The lowest BCUT2D eigenvalue weighted by Crippen LogP contribution is -2.41. The molecule has 1 amide bonds. The van der Waals surface area contributed by atoms with E-state index in [2.05, 4.69) is 21.2 Å². The fraction of sp³-hybridized carbons (Fsp3) is 0.533. The highest BCUT2D eigenvalue weighted by Gasteiger charge is 2.21. The van der Waals surface area contributed by atoms with Gasteiger partial charge in [-0.3, -0.25) is 4.79 Å². The van der Waals surface area contributed by atoms with Gasteiger partial charge in [-0.15, -0.1) is 0 Å². The van der Waals surface area contributed by atoms with Gasteiger partial charge in [0.25, 0.3) is 5.91 Å². The highest BCUT2D eigenvalue weighted by Crippen LogP contribution is 2.26. The van der Waals surface area contributed by atoms with Gasteiger partial charge in [-0.2, -0.15) is 0 Å². The lowest BCUT2D eigenvalue weighted by atomic mass is 10.1. The maximum absolute atomic E-state index is 12.6. The first kappa shape index (κ1) is 15.3. The van der Waals surface area contributed by atoms with Crippen LogP contribution in [-0.2, 0) is 0 Å². The quantitative estimate of drug-likeness (QED) is 0.895. The van der Waals surface area contributed by atoms with E-state index in [-0.39, 0.29) is 5.91 Å². The molecule has 1 atom stereocenters. The number of benzene rings is 1. The van der Waals surface area contributed by atoms with Crippen molar-refractivity contribution >= 4 is 21.8 Å². The largest absolute Gasteiger partial charge is 0.496 e. The van der Waals surface area contributed by atoms with Crippen molar-refractivity contribution in [2.24, 2.45) is 0 Å². The average molecular weight is 341 g/mol. The number of nitrogens with one attached hydrogen (secondary N) is 1. The number of hydrogen-bond donors (Lipinski definition) is 1. The van der Waals surface area contributed by atoms with E-state index in [9.17, 15) is 4.79 Å². The van der Waals surface area contributed by atoms with Gasteiger partial charge in [0.1, 0.15) is 5.75 Å². The average Bonchev–Trinajstić information content (AvgIpc) is 2.97. The van der Waals surface area contributed by atoms with E-state index < -0.39 is 0 Å². The van der Waals surface area contributed by atoms with Crippen LogP contribution in [0.2, 0.25) is 0 Å². The first-order valence-electron chi connectivity index (χ1n) is 7.02. The molecule has 0 radical (unpaired) electrons. The molecular formula is C15H21BrN2O2. The van der Waals surface area contributed by atoms with Gasteiger partial charge in [0.15, 0.2) is 0 Å². The summed E-state index contributed by atoms with van der Waals surface area (Å²) in [5.41, 5.74) is 0.692. The van der Waals surface area contributed by atoms with Crippen LogP contribution < -0.4 is 10.1 Å². The molecule has 0 aliphatic carbocycles.